The van der Waals surface area contributed by atoms with Crippen molar-refractivity contribution in [2.24, 2.45) is 5.73 Å². The Morgan fingerprint density at radius 3 is 3.12 bits per heavy atom. The van der Waals surface area contributed by atoms with E-state index in [9.17, 15) is 4.79 Å². The summed E-state index contributed by atoms with van der Waals surface area (Å²) in [5.41, 5.74) is 5.93. The van der Waals surface area contributed by atoms with Gasteiger partial charge in [0.15, 0.2) is 0 Å². The zero-order chi connectivity index (χ0) is 12.3. The summed E-state index contributed by atoms with van der Waals surface area (Å²) in [4.78, 5) is 11.9. The Hall–Kier alpha value is -1.33. The van der Waals surface area contributed by atoms with Crippen LogP contribution in [0.5, 0.6) is 0 Å². The summed E-state index contributed by atoms with van der Waals surface area (Å²) in [5, 5.41) is 2.91. The maximum atomic E-state index is 11.9. The Morgan fingerprint density at radius 2 is 2.53 bits per heavy atom. The Balaban J connectivity index is 1.91. The molecule has 1 aliphatic heterocycles. The van der Waals surface area contributed by atoms with E-state index in [1.54, 1.807) is 6.07 Å². The number of nitrogens with two attached hydrogens (primary N) is 1. The molecule has 2 heterocycles. The molecular formula is C12H18N2O3. The second-order valence-corrected chi connectivity index (χ2v) is 4.32. The highest BCUT2D eigenvalue weighted by atomic mass is 16.5. The number of hydrogen-bond donors (Lipinski definition) is 2. The van der Waals surface area contributed by atoms with E-state index >= 15 is 0 Å². The van der Waals surface area contributed by atoms with E-state index < -0.39 is 0 Å². The van der Waals surface area contributed by atoms with Crippen LogP contribution >= 0.6 is 0 Å². The zero-order valence-electron chi connectivity index (χ0n) is 9.94. The molecule has 1 aromatic rings. The summed E-state index contributed by atoms with van der Waals surface area (Å²) in [6.07, 6.45) is 3.62. The van der Waals surface area contributed by atoms with Crippen LogP contribution in [0.15, 0.2) is 16.7 Å². The van der Waals surface area contributed by atoms with Gasteiger partial charge in [0, 0.05) is 6.61 Å². The predicted octanol–water partition coefficient (Wildman–Crippen LogP) is 1.04. The van der Waals surface area contributed by atoms with Crippen LogP contribution in [-0.4, -0.2) is 24.7 Å². The second kappa shape index (κ2) is 5.33. The first-order valence-corrected chi connectivity index (χ1v) is 5.90. The van der Waals surface area contributed by atoms with Crippen LogP contribution in [0, 0.1) is 0 Å². The summed E-state index contributed by atoms with van der Waals surface area (Å²) in [6.45, 7) is 3.04. The minimum atomic E-state index is -0.142. The standard InChI is InChI=1S/C12H18N2O3/c1-8(11-3-2-4-16-11)14-12(15)9-5-10(6-13)17-7-9/h5,7-8,11H,2-4,6,13H2,1H3,(H,14,15). The Kier molecular flexibility index (Phi) is 3.81. The van der Waals surface area contributed by atoms with Crippen molar-refractivity contribution in [2.75, 3.05) is 6.61 Å². The molecule has 2 rings (SSSR count). The molecule has 17 heavy (non-hydrogen) atoms. The summed E-state index contributed by atoms with van der Waals surface area (Å²) >= 11 is 0. The fourth-order valence-electron chi connectivity index (χ4n) is 1.99. The highest BCUT2D eigenvalue weighted by molar-refractivity contribution is 5.94. The van der Waals surface area contributed by atoms with Crippen LogP contribution < -0.4 is 11.1 Å². The molecule has 2 atom stereocenters. The van der Waals surface area contributed by atoms with Gasteiger partial charge in [0.1, 0.15) is 12.0 Å². The van der Waals surface area contributed by atoms with Crippen LogP contribution in [0.3, 0.4) is 0 Å². The maximum Gasteiger partial charge on any atom is 0.254 e. The molecule has 0 spiro atoms. The Labute approximate surface area is 100 Å². The third kappa shape index (κ3) is 2.87. The van der Waals surface area contributed by atoms with Gasteiger partial charge in [-0.05, 0) is 25.8 Å². The molecule has 5 nitrogen and oxygen atoms in total. The third-order valence-electron chi connectivity index (χ3n) is 3.00. The monoisotopic (exact) mass is 238 g/mol. The molecule has 1 saturated heterocycles. The van der Waals surface area contributed by atoms with E-state index in [1.165, 1.54) is 6.26 Å². The number of ether oxygens (including phenoxy) is 1. The molecule has 0 saturated carbocycles. The molecule has 5 heteroatoms. The molecule has 94 valence electrons. The zero-order valence-corrected chi connectivity index (χ0v) is 9.94. The van der Waals surface area contributed by atoms with Gasteiger partial charge in [-0.1, -0.05) is 0 Å². The Bertz CT molecular complexity index is 383. The lowest BCUT2D eigenvalue weighted by molar-refractivity contribution is 0.0712. The number of amides is 1. The molecule has 0 aliphatic carbocycles. The van der Waals surface area contributed by atoms with E-state index in [0.29, 0.717) is 17.9 Å². The van der Waals surface area contributed by atoms with Crippen molar-refractivity contribution in [1.82, 2.24) is 5.32 Å². The molecule has 0 radical (unpaired) electrons. The van der Waals surface area contributed by atoms with Crippen molar-refractivity contribution in [3.8, 4) is 0 Å². The van der Waals surface area contributed by atoms with Crippen LogP contribution in [0.4, 0.5) is 0 Å². The fraction of sp³-hybridized carbons (Fsp3) is 0.583. The smallest absolute Gasteiger partial charge is 0.254 e. The first kappa shape index (κ1) is 12.1. The number of rotatable bonds is 4. The predicted molar refractivity (Wildman–Crippen MR) is 62.5 cm³/mol. The molecule has 1 amide bonds. The van der Waals surface area contributed by atoms with Crippen molar-refractivity contribution in [1.29, 1.82) is 0 Å². The van der Waals surface area contributed by atoms with Crippen LogP contribution in [0.25, 0.3) is 0 Å². The van der Waals surface area contributed by atoms with Gasteiger partial charge in [-0.25, -0.2) is 0 Å². The van der Waals surface area contributed by atoms with E-state index in [1.807, 2.05) is 6.92 Å². The highest BCUT2D eigenvalue weighted by Gasteiger charge is 2.24. The van der Waals surface area contributed by atoms with E-state index in [-0.39, 0.29) is 18.1 Å². The summed E-state index contributed by atoms with van der Waals surface area (Å²) in [7, 11) is 0. The van der Waals surface area contributed by atoms with Crippen LogP contribution in [0.1, 0.15) is 35.9 Å². The van der Waals surface area contributed by atoms with Gasteiger partial charge >= 0.3 is 0 Å². The number of furan rings is 1. The van der Waals surface area contributed by atoms with Crippen LogP contribution in [0.2, 0.25) is 0 Å². The van der Waals surface area contributed by atoms with E-state index in [4.69, 9.17) is 14.9 Å². The highest BCUT2D eigenvalue weighted by Crippen LogP contribution is 2.16. The molecule has 0 bridgehead atoms. The van der Waals surface area contributed by atoms with Gasteiger partial charge in [-0.15, -0.1) is 0 Å². The molecule has 1 aliphatic rings. The summed E-state index contributed by atoms with van der Waals surface area (Å²) in [6, 6.07) is 1.68. The first-order chi connectivity index (χ1) is 8.20. The van der Waals surface area contributed by atoms with Gasteiger partial charge in [0.25, 0.3) is 5.91 Å². The molecule has 0 aromatic carbocycles. The van der Waals surface area contributed by atoms with Crippen LogP contribution in [-0.2, 0) is 11.3 Å². The lowest BCUT2D eigenvalue weighted by Gasteiger charge is -2.19. The van der Waals surface area contributed by atoms with Gasteiger partial charge in [0.05, 0.1) is 24.3 Å². The normalized spacial score (nSPS) is 21.4. The minimum absolute atomic E-state index is 0.0150. The number of nitrogens with one attached hydrogen (secondary N) is 1. The second-order valence-electron chi connectivity index (χ2n) is 4.32. The van der Waals surface area contributed by atoms with Gasteiger partial charge in [-0.2, -0.15) is 0 Å². The van der Waals surface area contributed by atoms with Crippen molar-refractivity contribution in [3.63, 3.8) is 0 Å². The largest absolute Gasteiger partial charge is 0.467 e. The molecule has 1 aromatic heterocycles. The Morgan fingerprint density at radius 1 is 1.71 bits per heavy atom. The SMILES string of the molecule is CC(NC(=O)c1coc(CN)c1)C1CCCO1. The molecular weight excluding hydrogens is 220 g/mol. The van der Waals surface area contributed by atoms with Gasteiger partial charge in [0.2, 0.25) is 0 Å². The maximum absolute atomic E-state index is 11.9. The topological polar surface area (TPSA) is 77.5 Å². The number of carbonyl (C=O) groups is 1. The van der Waals surface area contributed by atoms with Crippen molar-refractivity contribution in [3.05, 3.63) is 23.7 Å². The third-order valence-corrected chi connectivity index (χ3v) is 3.00. The lowest BCUT2D eigenvalue weighted by atomic mass is 10.1. The summed E-state index contributed by atoms with van der Waals surface area (Å²) in [5.74, 6) is 0.469. The van der Waals surface area contributed by atoms with E-state index in [0.717, 1.165) is 19.4 Å². The molecule has 2 unspecified atom stereocenters. The van der Waals surface area contributed by atoms with Gasteiger partial charge in [-0.3, -0.25) is 4.79 Å². The quantitative estimate of drug-likeness (QED) is 0.821. The molecule has 1 fully saturated rings. The minimum Gasteiger partial charge on any atom is -0.467 e. The van der Waals surface area contributed by atoms with Gasteiger partial charge < -0.3 is 20.2 Å². The first-order valence-electron chi connectivity index (χ1n) is 5.90. The number of hydrogen-bond acceptors (Lipinski definition) is 4. The van der Waals surface area contributed by atoms with E-state index in [2.05, 4.69) is 5.32 Å². The average molecular weight is 238 g/mol. The fourth-order valence-corrected chi connectivity index (χ4v) is 1.99. The summed E-state index contributed by atoms with van der Waals surface area (Å²) < 4.78 is 10.6. The van der Waals surface area contributed by atoms with Crippen molar-refractivity contribution < 1.29 is 13.9 Å². The van der Waals surface area contributed by atoms with Crippen molar-refractivity contribution in [2.45, 2.75) is 38.5 Å². The average Bonchev–Trinajstić information content (AvgIpc) is 3.00. The lowest BCUT2D eigenvalue weighted by Crippen LogP contribution is -2.40. The number of carbonyl (C=O) groups excluding carboxylic acids is 1. The molecule has 3 N–H and O–H groups in total. The van der Waals surface area contributed by atoms with Crippen molar-refractivity contribution >= 4 is 5.91 Å².